The fraction of sp³-hybridized carbons (Fsp3) is 0.208. The molecule has 3 heterocycles. The molecule has 0 saturated carbocycles. The van der Waals surface area contributed by atoms with Gasteiger partial charge in [0.2, 0.25) is 21.8 Å². The van der Waals surface area contributed by atoms with Crippen LogP contribution in [0, 0.1) is 12.7 Å². The van der Waals surface area contributed by atoms with Crippen molar-refractivity contribution < 1.29 is 27.5 Å². The Morgan fingerprint density at radius 3 is 2.59 bits per heavy atom. The summed E-state index contributed by atoms with van der Waals surface area (Å²) in [4.78, 5) is 8.52. The van der Waals surface area contributed by atoms with Gasteiger partial charge in [-0.15, -0.1) is 0 Å². The third kappa shape index (κ3) is 4.42. The van der Waals surface area contributed by atoms with Crippen molar-refractivity contribution in [2.24, 2.45) is 0 Å². The normalized spacial score (nSPS) is 12.0. The molecule has 13 heteroatoms. The summed E-state index contributed by atoms with van der Waals surface area (Å²) in [5.41, 5.74) is 1.70. The first-order valence-corrected chi connectivity index (χ1v) is 13.2. The molecule has 0 bridgehead atoms. The van der Waals surface area contributed by atoms with E-state index in [1.807, 2.05) is 0 Å². The van der Waals surface area contributed by atoms with Gasteiger partial charge in [-0.3, -0.25) is 9.29 Å². The Balaban J connectivity index is 1.74. The van der Waals surface area contributed by atoms with Crippen molar-refractivity contribution in [2.75, 3.05) is 17.6 Å². The van der Waals surface area contributed by atoms with Gasteiger partial charge < -0.3 is 19.3 Å². The first kappa shape index (κ1) is 24.8. The average molecular weight is 546 g/mol. The summed E-state index contributed by atoms with van der Waals surface area (Å²) < 4.78 is 46.3. The van der Waals surface area contributed by atoms with Crippen LogP contribution in [0.4, 0.5) is 10.1 Å². The molecule has 2 N–H and O–H groups in total. The molecule has 5 rings (SSSR count). The number of sulfonamides is 1. The fourth-order valence-corrected chi connectivity index (χ4v) is 5.00. The number of phenolic OH excluding ortho intramolecular Hbond substituents is 1. The summed E-state index contributed by atoms with van der Waals surface area (Å²) >= 11 is 5.92. The van der Waals surface area contributed by atoms with Crippen LogP contribution in [0.15, 0.2) is 41.2 Å². The minimum Gasteiger partial charge on any atom is -0.505 e. The summed E-state index contributed by atoms with van der Waals surface area (Å²) in [5.74, 6) is -0.531. The molecule has 3 aromatic heterocycles. The first-order chi connectivity index (χ1) is 17.4. The number of hydrogen-bond acceptors (Lipinski definition) is 8. The number of aryl methyl sites for hydroxylation is 1. The summed E-state index contributed by atoms with van der Waals surface area (Å²) in [5, 5.41) is 26.6. The Bertz CT molecular complexity index is 1800. The minimum absolute atomic E-state index is 0.0136. The molecule has 10 nitrogen and oxygen atoms in total. The van der Waals surface area contributed by atoms with Crippen molar-refractivity contribution in [3.63, 3.8) is 0 Å². The second kappa shape index (κ2) is 8.89. The highest BCUT2D eigenvalue weighted by atomic mass is 35.5. The van der Waals surface area contributed by atoms with E-state index in [0.29, 0.717) is 23.3 Å². The van der Waals surface area contributed by atoms with Crippen molar-refractivity contribution in [3.8, 4) is 11.6 Å². The molecule has 0 radical (unpaired) electrons. The van der Waals surface area contributed by atoms with E-state index in [1.165, 1.54) is 36.1 Å². The number of halogens is 2. The third-order valence-corrected chi connectivity index (χ3v) is 7.52. The number of pyridine rings is 1. The van der Waals surface area contributed by atoms with Crippen LogP contribution < -0.4 is 4.31 Å². The average Bonchev–Trinajstić information content (AvgIpc) is 3.38. The number of hydrogen-bond donors (Lipinski definition) is 2. The highest BCUT2D eigenvalue weighted by Gasteiger charge is 2.26. The smallest absolute Gasteiger partial charge is 0.232 e. The molecule has 0 aliphatic carbocycles. The number of aromatic nitrogens is 4. The second-order valence-electron chi connectivity index (χ2n) is 8.69. The largest absolute Gasteiger partial charge is 0.505 e. The van der Waals surface area contributed by atoms with Gasteiger partial charge in [0.1, 0.15) is 11.3 Å². The van der Waals surface area contributed by atoms with Gasteiger partial charge in [0.15, 0.2) is 11.6 Å². The number of benzene rings is 2. The zero-order valence-electron chi connectivity index (χ0n) is 19.9. The highest BCUT2D eigenvalue weighted by molar-refractivity contribution is 7.92. The lowest BCUT2D eigenvalue weighted by molar-refractivity contribution is 0.382. The van der Waals surface area contributed by atoms with Crippen molar-refractivity contribution in [1.29, 1.82) is 0 Å². The highest BCUT2D eigenvalue weighted by Crippen LogP contribution is 2.46. The molecule has 0 aliphatic heterocycles. The number of rotatable bonds is 6. The predicted octanol–water partition coefficient (Wildman–Crippen LogP) is 4.12. The fourth-order valence-electron chi connectivity index (χ4n) is 4.26. The van der Waals surface area contributed by atoms with Crippen LogP contribution in [0.1, 0.15) is 22.8 Å². The SMILES string of the molecule is Cc1nc(Cn2cc3c(N(C)S(C)(=O)=O)c4cc(Cc5ccc(F)c(Cl)c5)cnc4c(O)c3c2O)no1. The van der Waals surface area contributed by atoms with E-state index in [9.17, 15) is 23.0 Å². The molecular weight excluding hydrogens is 525 g/mol. The van der Waals surface area contributed by atoms with E-state index in [-0.39, 0.29) is 51.0 Å². The molecule has 2 aromatic carbocycles. The van der Waals surface area contributed by atoms with Gasteiger partial charge in [0.25, 0.3) is 0 Å². The van der Waals surface area contributed by atoms with Gasteiger partial charge in [0, 0.05) is 37.1 Å². The summed E-state index contributed by atoms with van der Waals surface area (Å²) in [6.45, 7) is 1.64. The Kier molecular flexibility index (Phi) is 5.95. The molecule has 37 heavy (non-hydrogen) atoms. The van der Waals surface area contributed by atoms with E-state index in [0.717, 1.165) is 16.1 Å². The molecule has 0 aliphatic rings. The van der Waals surface area contributed by atoms with Crippen molar-refractivity contribution in [1.82, 2.24) is 19.7 Å². The van der Waals surface area contributed by atoms with Crippen molar-refractivity contribution in [3.05, 3.63) is 70.3 Å². The molecule has 0 amide bonds. The lowest BCUT2D eigenvalue weighted by atomic mass is 10.0. The van der Waals surface area contributed by atoms with Gasteiger partial charge in [0.05, 0.1) is 28.9 Å². The quantitative estimate of drug-likeness (QED) is 0.325. The van der Waals surface area contributed by atoms with Crippen LogP contribution in [-0.4, -0.2) is 51.6 Å². The lowest BCUT2D eigenvalue weighted by Gasteiger charge is -2.21. The maximum absolute atomic E-state index is 13.6. The number of phenols is 1. The van der Waals surface area contributed by atoms with Gasteiger partial charge in [-0.2, -0.15) is 4.98 Å². The van der Waals surface area contributed by atoms with Gasteiger partial charge in [-0.1, -0.05) is 22.8 Å². The molecule has 0 spiro atoms. The summed E-state index contributed by atoms with van der Waals surface area (Å²) in [7, 11) is -2.38. The van der Waals surface area contributed by atoms with Gasteiger partial charge >= 0.3 is 0 Å². The number of fused-ring (bicyclic) bond motifs is 2. The molecular formula is C24H21ClFN5O5S. The zero-order chi connectivity index (χ0) is 26.6. The molecule has 0 unspecified atom stereocenters. The Morgan fingerprint density at radius 1 is 1.19 bits per heavy atom. The monoisotopic (exact) mass is 545 g/mol. The maximum Gasteiger partial charge on any atom is 0.232 e. The lowest BCUT2D eigenvalue weighted by Crippen LogP contribution is -2.25. The Hall–Kier alpha value is -3.90. The maximum atomic E-state index is 13.6. The van der Waals surface area contributed by atoms with Crippen LogP contribution in [0.2, 0.25) is 5.02 Å². The Morgan fingerprint density at radius 2 is 1.95 bits per heavy atom. The molecule has 0 fully saturated rings. The topological polar surface area (TPSA) is 135 Å². The van der Waals surface area contributed by atoms with E-state index in [4.69, 9.17) is 16.1 Å². The standard InChI is InChI=1S/C24H21ClFN5O5S/c1-12-28-19(29-36-12)11-31-10-16-20(24(31)33)23(32)21-15(22(16)30(2)37(3,34)35)7-14(9-27-21)6-13-4-5-18(26)17(25)8-13/h4-5,7-10,32-33H,6,11H2,1-3H3. The molecule has 192 valence electrons. The van der Waals surface area contributed by atoms with Gasteiger partial charge in [-0.25, -0.2) is 12.8 Å². The zero-order valence-corrected chi connectivity index (χ0v) is 21.5. The van der Waals surface area contributed by atoms with Crippen LogP contribution >= 0.6 is 11.6 Å². The van der Waals surface area contributed by atoms with Crippen LogP contribution in [-0.2, 0) is 23.0 Å². The van der Waals surface area contributed by atoms with E-state index in [1.54, 1.807) is 19.1 Å². The number of aromatic hydroxyl groups is 2. The van der Waals surface area contributed by atoms with Crippen LogP contribution in [0.5, 0.6) is 11.6 Å². The number of anilines is 1. The Labute approximate surface area is 215 Å². The second-order valence-corrected chi connectivity index (χ2v) is 11.1. The van der Waals surface area contributed by atoms with Crippen LogP contribution in [0.3, 0.4) is 0 Å². The predicted molar refractivity (Wildman–Crippen MR) is 136 cm³/mol. The number of nitrogens with zero attached hydrogens (tertiary/aromatic N) is 5. The summed E-state index contributed by atoms with van der Waals surface area (Å²) in [6.07, 6.45) is 4.41. The van der Waals surface area contributed by atoms with Crippen LogP contribution in [0.25, 0.3) is 21.7 Å². The summed E-state index contributed by atoms with van der Waals surface area (Å²) in [6, 6.07) is 6.06. The molecule has 0 saturated heterocycles. The van der Waals surface area contributed by atoms with E-state index < -0.39 is 15.8 Å². The van der Waals surface area contributed by atoms with Crippen molar-refractivity contribution >= 4 is 49.0 Å². The van der Waals surface area contributed by atoms with E-state index >= 15 is 0 Å². The van der Waals surface area contributed by atoms with Crippen molar-refractivity contribution in [2.45, 2.75) is 19.9 Å². The van der Waals surface area contributed by atoms with Gasteiger partial charge in [-0.05, 0) is 35.7 Å². The first-order valence-electron chi connectivity index (χ1n) is 11.0. The minimum atomic E-state index is -3.76. The molecule has 5 aromatic rings. The van der Waals surface area contributed by atoms with E-state index in [2.05, 4.69) is 15.1 Å². The molecule has 0 atom stereocenters. The third-order valence-electron chi connectivity index (χ3n) is 6.05.